The first-order valence-corrected chi connectivity index (χ1v) is 5.33. The summed E-state index contributed by atoms with van der Waals surface area (Å²) in [5.74, 6) is -0.260. The van der Waals surface area contributed by atoms with Crippen LogP contribution >= 0.6 is 0 Å². The minimum absolute atomic E-state index is 0.139. The Morgan fingerprint density at radius 1 is 1.56 bits per heavy atom. The molecule has 0 spiro atoms. The molecule has 1 saturated heterocycles. The van der Waals surface area contributed by atoms with E-state index in [0.29, 0.717) is 5.75 Å². The summed E-state index contributed by atoms with van der Waals surface area (Å²) in [4.78, 5) is 11.9. The van der Waals surface area contributed by atoms with E-state index in [1.807, 2.05) is 0 Å². The Balaban J connectivity index is 2.22. The summed E-state index contributed by atoms with van der Waals surface area (Å²) in [5.41, 5.74) is 0.139. The van der Waals surface area contributed by atoms with Crippen LogP contribution in [0, 0.1) is 5.82 Å². The maximum absolute atomic E-state index is 13.6. The van der Waals surface area contributed by atoms with Crippen molar-refractivity contribution in [1.29, 1.82) is 0 Å². The Labute approximate surface area is 93.6 Å². The number of carbonyl (C=O) groups excluding carboxylic acids is 1. The van der Waals surface area contributed by atoms with Gasteiger partial charge in [0.25, 0.3) is 0 Å². The van der Waals surface area contributed by atoms with Gasteiger partial charge in [0, 0.05) is 6.07 Å². The van der Waals surface area contributed by atoms with Crippen molar-refractivity contribution in [2.45, 2.75) is 18.9 Å². The molecule has 1 heterocycles. The molecule has 1 aromatic carbocycles. The van der Waals surface area contributed by atoms with Gasteiger partial charge in [-0.05, 0) is 31.5 Å². The second kappa shape index (κ2) is 4.61. The summed E-state index contributed by atoms with van der Waals surface area (Å²) < 4.78 is 18.5. The normalized spacial score (nSPS) is 19.8. The average Bonchev–Trinajstić information content (AvgIpc) is 2.81. The molecule has 0 aliphatic carbocycles. The largest absolute Gasteiger partial charge is 0.497 e. The summed E-state index contributed by atoms with van der Waals surface area (Å²) in [6.45, 7) is 0.828. The average molecular weight is 223 g/mol. The molecule has 1 aromatic rings. The van der Waals surface area contributed by atoms with E-state index in [1.165, 1.54) is 19.2 Å². The van der Waals surface area contributed by atoms with Crippen LogP contribution in [0.2, 0.25) is 0 Å². The first kappa shape index (κ1) is 11.1. The third kappa shape index (κ3) is 2.07. The molecule has 16 heavy (non-hydrogen) atoms. The Morgan fingerprint density at radius 2 is 2.38 bits per heavy atom. The molecule has 1 N–H and O–H groups in total. The molecular formula is C12H14FNO2. The number of Topliss-reactive ketones (excluding diaryl/α,β-unsaturated/α-hetero) is 1. The predicted octanol–water partition coefficient (Wildman–Crippen LogP) is 1.77. The van der Waals surface area contributed by atoms with Gasteiger partial charge >= 0.3 is 0 Å². The number of carbonyl (C=O) groups is 1. The number of ether oxygens (including phenoxy) is 1. The highest BCUT2D eigenvalue weighted by Crippen LogP contribution is 2.19. The van der Waals surface area contributed by atoms with E-state index in [9.17, 15) is 9.18 Å². The van der Waals surface area contributed by atoms with Crippen LogP contribution in [0.15, 0.2) is 18.2 Å². The lowest BCUT2D eigenvalue weighted by molar-refractivity contribution is 0.0948. The summed E-state index contributed by atoms with van der Waals surface area (Å²) in [7, 11) is 1.47. The SMILES string of the molecule is COc1ccc(C(=O)C2CCCN2)c(F)c1. The highest BCUT2D eigenvalue weighted by Gasteiger charge is 2.25. The standard InChI is InChI=1S/C12H14FNO2/c1-16-8-4-5-9(10(13)7-8)12(15)11-3-2-6-14-11/h4-5,7,11,14H,2-3,6H2,1H3. The Bertz CT molecular complexity index is 400. The predicted molar refractivity (Wildman–Crippen MR) is 58.3 cm³/mol. The second-order valence-electron chi connectivity index (χ2n) is 3.86. The molecule has 1 unspecified atom stereocenters. The quantitative estimate of drug-likeness (QED) is 0.794. The van der Waals surface area contributed by atoms with E-state index in [1.54, 1.807) is 6.07 Å². The smallest absolute Gasteiger partial charge is 0.182 e. The fourth-order valence-electron chi connectivity index (χ4n) is 1.92. The van der Waals surface area contributed by atoms with Crippen molar-refractivity contribution >= 4 is 5.78 Å². The van der Waals surface area contributed by atoms with Gasteiger partial charge in [0.1, 0.15) is 11.6 Å². The van der Waals surface area contributed by atoms with Crippen molar-refractivity contribution in [3.63, 3.8) is 0 Å². The van der Waals surface area contributed by atoms with Crippen LogP contribution in [0.1, 0.15) is 23.2 Å². The molecule has 1 atom stereocenters. The Kier molecular flexibility index (Phi) is 3.19. The van der Waals surface area contributed by atoms with Gasteiger partial charge in [0.15, 0.2) is 5.78 Å². The minimum Gasteiger partial charge on any atom is -0.497 e. The minimum atomic E-state index is -0.516. The van der Waals surface area contributed by atoms with Gasteiger partial charge in [0.2, 0.25) is 0 Å². The maximum Gasteiger partial charge on any atom is 0.182 e. The number of halogens is 1. The Hall–Kier alpha value is -1.42. The molecule has 1 aliphatic heterocycles. The number of methoxy groups -OCH3 is 1. The molecule has 3 nitrogen and oxygen atoms in total. The molecule has 1 fully saturated rings. The second-order valence-corrected chi connectivity index (χ2v) is 3.86. The molecule has 0 amide bonds. The molecule has 0 saturated carbocycles. The Morgan fingerprint density at radius 3 is 2.94 bits per heavy atom. The molecule has 0 aromatic heterocycles. The summed E-state index contributed by atoms with van der Waals surface area (Å²) in [5, 5.41) is 3.06. The van der Waals surface area contributed by atoms with E-state index < -0.39 is 5.82 Å². The number of hydrogen-bond acceptors (Lipinski definition) is 3. The third-order valence-corrected chi connectivity index (χ3v) is 2.82. The van der Waals surface area contributed by atoms with Crippen LogP contribution in [0.5, 0.6) is 5.75 Å². The maximum atomic E-state index is 13.6. The van der Waals surface area contributed by atoms with Crippen molar-refractivity contribution in [2.24, 2.45) is 0 Å². The third-order valence-electron chi connectivity index (χ3n) is 2.82. The van der Waals surface area contributed by atoms with Crippen molar-refractivity contribution < 1.29 is 13.9 Å². The van der Waals surface area contributed by atoms with Crippen LogP contribution in [0.4, 0.5) is 4.39 Å². The van der Waals surface area contributed by atoms with Crippen molar-refractivity contribution in [3.05, 3.63) is 29.6 Å². The zero-order valence-electron chi connectivity index (χ0n) is 9.13. The highest BCUT2D eigenvalue weighted by atomic mass is 19.1. The molecule has 2 rings (SSSR count). The van der Waals surface area contributed by atoms with Crippen molar-refractivity contribution in [1.82, 2.24) is 5.32 Å². The van der Waals surface area contributed by atoms with Gasteiger partial charge in [-0.2, -0.15) is 0 Å². The number of hydrogen-bond donors (Lipinski definition) is 1. The lowest BCUT2D eigenvalue weighted by Gasteiger charge is -2.10. The molecule has 4 heteroatoms. The number of ketones is 1. The molecule has 0 bridgehead atoms. The zero-order valence-corrected chi connectivity index (χ0v) is 9.13. The van der Waals surface area contributed by atoms with E-state index in [0.717, 1.165) is 19.4 Å². The number of nitrogens with one attached hydrogen (secondary N) is 1. The summed E-state index contributed by atoms with van der Waals surface area (Å²) in [6, 6.07) is 4.09. The fraction of sp³-hybridized carbons (Fsp3) is 0.417. The first-order valence-electron chi connectivity index (χ1n) is 5.33. The monoisotopic (exact) mass is 223 g/mol. The van der Waals surface area contributed by atoms with Gasteiger partial charge in [-0.15, -0.1) is 0 Å². The fourth-order valence-corrected chi connectivity index (χ4v) is 1.92. The summed E-state index contributed by atoms with van der Waals surface area (Å²) in [6.07, 6.45) is 1.75. The number of rotatable bonds is 3. The summed E-state index contributed by atoms with van der Waals surface area (Å²) >= 11 is 0. The van der Waals surface area contributed by atoms with Crippen LogP contribution in [-0.2, 0) is 0 Å². The molecule has 86 valence electrons. The lowest BCUT2D eigenvalue weighted by Crippen LogP contribution is -2.31. The first-order chi connectivity index (χ1) is 7.72. The molecule has 0 radical (unpaired) electrons. The van der Waals surface area contributed by atoms with E-state index in [2.05, 4.69) is 5.32 Å². The van der Waals surface area contributed by atoms with Gasteiger partial charge in [-0.3, -0.25) is 4.79 Å². The van der Waals surface area contributed by atoms with Gasteiger partial charge in [-0.25, -0.2) is 4.39 Å². The van der Waals surface area contributed by atoms with Crippen LogP contribution in [-0.4, -0.2) is 25.5 Å². The van der Waals surface area contributed by atoms with Crippen LogP contribution in [0.3, 0.4) is 0 Å². The van der Waals surface area contributed by atoms with Crippen molar-refractivity contribution in [3.8, 4) is 5.75 Å². The van der Waals surface area contributed by atoms with Crippen LogP contribution in [0.25, 0.3) is 0 Å². The van der Waals surface area contributed by atoms with Gasteiger partial charge in [0.05, 0.1) is 18.7 Å². The zero-order chi connectivity index (χ0) is 11.5. The molecule has 1 aliphatic rings. The van der Waals surface area contributed by atoms with Crippen LogP contribution < -0.4 is 10.1 Å². The van der Waals surface area contributed by atoms with E-state index in [-0.39, 0.29) is 17.4 Å². The molecular weight excluding hydrogens is 209 g/mol. The lowest BCUT2D eigenvalue weighted by atomic mass is 10.0. The topological polar surface area (TPSA) is 38.3 Å². The highest BCUT2D eigenvalue weighted by molar-refractivity contribution is 6.00. The van der Waals surface area contributed by atoms with Gasteiger partial charge in [-0.1, -0.05) is 0 Å². The van der Waals surface area contributed by atoms with E-state index in [4.69, 9.17) is 4.74 Å². The van der Waals surface area contributed by atoms with Gasteiger partial charge < -0.3 is 10.1 Å². The van der Waals surface area contributed by atoms with E-state index >= 15 is 0 Å². The van der Waals surface area contributed by atoms with Crippen molar-refractivity contribution in [2.75, 3.05) is 13.7 Å². The number of benzene rings is 1.